The molecular formula is C17H16Cl2F2N2O2S. The molecule has 0 radical (unpaired) electrons. The molecule has 1 saturated heterocycles. The largest absolute Gasteiger partial charge is 0.296 e. The van der Waals surface area contributed by atoms with Gasteiger partial charge in [0, 0.05) is 32.7 Å². The fourth-order valence-electron chi connectivity index (χ4n) is 2.84. The summed E-state index contributed by atoms with van der Waals surface area (Å²) in [6.45, 7) is 1.92. The van der Waals surface area contributed by atoms with Gasteiger partial charge in [0.05, 0.1) is 10.0 Å². The topological polar surface area (TPSA) is 40.6 Å². The number of hydrogen-bond donors (Lipinski definition) is 0. The zero-order valence-electron chi connectivity index (χ0n) is 13.6. The average molecular weight is 421 g/mol. The Bertz CT molecular complexity index is 917. The van der Waals surface area contributed by atoms with Gasteiger partial charge in [-0.2, -0.15) is 4.31 Å². The number of rotatable bonds is 4. The van der Waals surface area contributed by atoms with Crippen molar-refractivity contribution in [3.05, 3.63) is 63.6 Å². The van der Waals surface area contributed by atoms with E-state index in [1.165, 1.54) is 4.31 Å². The van der Waals surface area contributed by atoms with Crippen molar-refractivity contribution in [1.82, 2.24) is 9.21 Å². The van der Waals surface area contributed by atoms with Crippen LogP contribution in [0.5, 0.6) is 0 Å². The smallest absolute Gasteiger partial charge is 0.246 e. The lowest BCUT2D eigenvalue weighted by atomic mass is 10.2. The highest BCUT2D eigenvalue weighted by Gasteiger charge is 2.31. The first-order valence-electron chi connectivity index (χ1n) is 7.89. The van der Waals surface area contributed by atoms with Gasteiger partial charge in [0.1, 0.15) is 16.5 Å². The van der Waals surface area contributed by atoms with Gasteiger partial charge in [0.25, 0.3) is 0 Å². The molecule has 0 atom stereocenters. The molecule has 3 rings (SSSR count). The zero-order valence-corrected chi connectivity index (χ0v) is 16.0. The minimum Gasteiger partial charge on any atom is -0.296 e. The van der Waals surface area contributed by atoms with E-state index in [2.05, 4.69) is 4.90 Å². The van der Waals surface area contributed by atoms with E-state index in [-0.39, 0.29) is 13.1 Å². The van der Waals surface area contributed by atoms with Gasteiger partial charge >= 0.3 is 0 Å². The van der Waals surface area contributed by atoms with Crippen LogP contribution in [-0.2, 0) is 16.6 Å². The predicted octanol–water partition coefficient (Wildman–Crippen LogP) is 3.78. The number of hydrogen-bond acceptors (Lipinski definition) is 3. The Labute approximate surface area is 161 Å². The lowest BCUT2D eigenvalue weighted by Crippen LogP contribution is -2.48. The van der Waals surface area contributed by atoms with Crippen LogP contribution in [0.4, 0.5) is 8.78 Å². The number of benzene rings is 2. The van der Waals surface area contributed by atoms with Crippen molar-refractivity contribution in [3.63, 3.8) is 0 Å². The third-order valence-electron chi connectivity index (χ3n) is 4.23. The molecule has 140 valence electrons. The second-order valence-electron chi connectivity index (χ2n) is 6.00. The van der Waals surface area contributed by atoms with Gasteiger partial charge in [0.15, 0.2) is 0 Å². The standard InChI is InChI=1S/C17H16Cl2F2N2O2S/c18-14-3-1-12(9-15(14)19)11-22-5-7-23(8-6-22)26(24,25)17-10-13(20)2-4-16(17)21/h1-4,9-10H,5-8,11H2. The summed E-state index contributed by atoms with van der Waals surface area (Å²) < 4.78 is 53.5. The molecule has 1 aliphatic rings. The molecule has 0 N–H and O–H groups in total. The van der Waals surface area contributed by atoms with Gasteiger partial charge in [-0.05, 0) is 35.9 Å². The van der Waals surface area contributed by atoms with Crippen LogP contribution < -0.4 is 0 Å². The Hall–Kier alpha value is -1.25. The highest BCUT2D eigenvalue weighted by molar-refractivity contribution is 7.89. The van der Waals surface area contributed by atoms with Crippen LogP contribution >= 0.6 is 23.2 Å². The number of halogens is 4. The van der Waals surface area contributed by atoms with Crippen molar-refractivity contribution in [2.75, 3.05) is 26.2 Å². The van der Waals surface area contributed by atoms with Crippen molar-refractivity contribution < 1.29 is 17.2 Å². The van der Waals surface area contributed by atoms with Crippen LogP contribution in [-0.4, -0.2) is 43.8 Å². The number of piperazine rings is 1. The van der Waals surface area contributed by atoms with Crippen molar-refractivity contribution in [1.29, 1.82) is 0 Å². The van der Waals surface area contributed by atoms with E-state index in [4.69, 9.17) is 23.2 Å². The Kier molecular flexibility index (Phi) is 5.84. The van der Waals surface area contributed by atoms with Crippen molar-refractivity contribution >= 4 is 33.2 Å². The molecule has 2 aromatic rings. The summed E-state index contributed by atoms with van der Waals surface area (Å²) in [6.07, 6.45) is 0. The van der Waals surface area contributed by atoms with E-state index in [0.29, 0.717) is 35.7 Å². The molecule has 0 spiro atoms. The quantitative estimate of drug-likeness (QED) is 0.755. The minimum atomic E-state index is -4.07. The van der Waals surface area contributed by atoms with E-state index >= 15 is 0 Å². The first kappa shape index (κ1) is 19.5. The van der Waals surface area contributed by atoms with Crippen molar-refractivity contribution in [2.24, 2.45) is 0 Å². The summed E-state index contributed by atoms with van der Waals surface area (Å²) in [4.78, 5) is 1.43. The van der Waals surface area contributed by atoms with E-state index in [1.807, 2.05) is 6.07 Å². The van der Waals surface area contributed by atoms with Gasteiger partial charge < -0.3 is 0 Å². The van der Waals surface area contributed by atoms with Crippen LogP contribution in [0.1, 0.15) is 5.56 Å². The van der Waals surface area contributed by atoms with Crippen LogP contribution in [0.3, 0.4) is 0 Å². The summed E-state index contributed by atoms with van der Waals surface area (Å²) in [6, 6.07) is 7.78. The second kappa shape index (κ2) is 7.78. The summed E-state index contributed by atoms with van der Waals surface area (Å²) in [5.41, 5.74) is 0.965. The SMILES string of the molecule is O=S(=O)(c1cc(F)ccc1F)N1CCN(Cc2ccc(Cl)c(Cl)c2)CC1. The van der Waals surface area contributed by atoms with Crippen molar-refractivity contribution in [2.45, 2.75) is 11.4 Å². The first-order valence-corrected chi connectivity index (χ1v) is 10.1. The molecule has 4 nitrogen and oxygen atoms in total. The third kappa shape index (κ3) is 4.18. The molecule has 1 fully saturated rings. The minimum absolute atomic E-state index is 0.194. The molecular weight excluding hydrogens is 405 g/mol. The highest BCUT2D eigenvalue weighted by atomic mass is 35.5. The van der Waals surface area contributed by atoms with Crippen LogP contribution in [0.25, 0.3) is 0 Å². The maximum Gasteiger partial charge on any atom is 0.246 e. The van der Waals surface area contributed by atoms with Gasteiger partial charge in [-0.25, -0.2) is 17.2 Å². The highest BCUT2D eigenvalue weighted by Crippen LogP contribution is 2.25. The number of nitrogens with zero attached hydrogens (tertiary/aromatic N) is 2. The Morgan fingerprint density at radius 1 is 0.923 bits per heavy atom. The Balaban J connectivity index is 1.67. The molecule has 9 heteroatoms. The summed E-state index contributed by atoms with van der Waals surface area (Å²) >= 11 is 11.9. The first-order chi connectivity index (χ1) is 12.3. The third-order valence-corrected chi connectivity index (χ3v) is 6.89. The molecule has 0 amide bonds. The van der Waals surface area contributed by atoms with E-state index in [0.717, 1.165) is 17.7 Å². The molecule has 26 heavy (non-hydrogen) atoms. The molecule has 1 aliphatic heterocycles. The average Bonchev–Trinajstić information content (AvgIpc) is 2.61. The number of sulfonamides is 1. The van der Waals surface area contributed by atoms with Gasteiger partial charge in [-0.1, -0.05) is 29.3 Å². The summed E-state index contributed by atoms with van der Waals surface area (Å²) in [5, 5.41) is 0.940. The van der Waals surface area contributed by atoms with Crippen LogP contribution in [0, 0.1) is 11.6 Å². The van der Waals surface area contributed by atoms with E-state index in [9.17, 15) is 17.2 Å². The summed E-state index contributed by atoms with van der Waals surface area (Å²) in [5.74, 6) is -1.74. The zero-order chi connectivity index (χ0) is 18.9. The maximum atomic E-state index is 13.8. The fraction of sp³-hybridized carbons (Fsp3) is 0.294. The monoisotopic (exact) mass is 420 g/mol. The van der Waals surface area contributed by atoms with Crippen molar-refractivity contribution in [3.8, 4) is 0 Å². The van der Waals surface area contributed by atoms with E-state index in [1.54, 1.807) is 12.1 Å². The second-order valence-corrected chi connectivity index (χ2v) is 8.72. The molecule has 0 unspecified atom stereocenters. The summed E-state index contributed by atoms with van der Waals surface area (Å²) in [7, 11) is -4.07. The molecule has 1 heterocycles. The lowest BCUT2D eigenvalue weighted by Gasteiger charge is -2.34. The van der Waals surface area contributed by atoms with Gasteiger partial charge in [-0.15, -0.1) is 0 Å². The molecule has 0 aliphatic carbocycles. The normalized spacial score (nSPS) is 16.8. The van der Waals surface area contributed by atoms with E-state index < -0.39 is 26.6 Å². The maximum absolute atomic E-state index is 13.8. The molecule has 2 aromatic carbocycles. The van der Waals surface area contributed by atoms with Gasteiger partial charge in [0.2, 0.25) is 10.0 Å². The van der Waals surface area contributed by atoms with Gasteiger partial charge in [-0.3, -0.25) is 4.90 Å². The molecule has 0 aromatic heterocycles. The lowest BCUT2D eigenvalue weighted by molar-refractivity contribution is 0.181. The Morgan fingerprint density at radius 2 is 1.62 bits per heavy atom. The molecule has 0 saturated carbocycles. The van der Waals surface area contributed by atoms with Crippen LogP contribution in [0.2, 0.25) is 10.0 Å². The predicted molar refractivity (Wildman–Crippen MR) is 96.9 cm³/mol. The van der Waals surface area contributed by atoms with Crippen LogP contribution in [0.15, 0.2) is 41.3 Å². The Morgan fingerprint density at radius 3 is 2.27 bits per heavy atom. The fourth-order valence-corrected chi connectivity index (χ4v) is 4.66. The molecule has 0 bridgehead atoms.